The number of nitrogens with one attached hydrogen (secondary N) is 4. The maximum absolute atomic E-state index is 13.1. The Labute approximate surface area is 255 Å². The van der Waals surface area contributed by atoms with E-state index in [-0.39, 0.29) is 18.6 Å². The molecule has 44 heavy (non-hydrogen) atoms. The van der Waals surface area contributed by atoms with Crippen molar-refractivity contribution in [1.82, 2.24) is 39.6 Å². The molecule has 1 aliphatic rings. The highest BCUT2D eigenvalue weighted by molar-refractivity contribution is 6.06. The SMILES string of the molecule is CCCNc1cncc(OC2CCN(CC(=O)Nc3cccc4c(-c5nc(Nc6cc(C)n(C)n6)ncc5C)c[nH]c34)C2)n1. The second-order valence-corrected chi connectivity index (χ2v) is 11.1. The van der Waals surface area contributed by atoms with Gasteiger partial charge in [0.2, 0.25) is 17.7 Å². The number of hydrogen-bond donors (Lipinski definition) is 4. The van der Waals surface area contributed by atoms with Crippen molar-refractivity contribution in [3.63, 3.8) is 0 Å². The van der Waals surface area contributed by atoms with E-state index in [2.05, 4.69) is 52.8 Å². The fourth-order valence-corrected chi connectivity index (χ4v) is 5.31. The monoisotopic (exact) mass is 595 g/mol. The fraction of sp³-hybridized carbons (Fsp3) is 0.355. The number of benzene rings is 1. The van der Waals surface area contributed by atoms with Crippen molar-refractivity contribution in [2.45, 2.75) is 39.7 Å². The van der Waals surface area contributed by atoms with Gasteiger partial charge in [0.1, 0.15) is 11.9 Å². The number of likely N-dealkylation sites (tertiary alicyclic amines) is 1. The Kier molecular flexibility index (Phi) is 8.37. The lowest BCUT2D eigenvalue weighted by Crippen LogP contribution is -2.33. The van der Waals surface area contributed by atoms with Crippen molar-refractivity contribution in [1.29, 1.82) is 0 Å². The lowest BCUT2D eigenvalue weighted by atomic mass is 10.1. The molecule has 0 aliphatic carbocycles. The highest BCUT2D eigenvalue weighted by Gasteiger charge is 2.26. The van der Waals surface area contributed by atoms with Crippen LogP contribution in [0.25, 0.3) is 22.2 Å². The quantitative estimate of drug-likeness (QED) is 0.173. The summed E-state index contributed by atoms with van der Waals surface area (Å²) in [7, 11) is 1.89. The van der Waals surface area contributed by atoms with Crippen LogP contribution in [0.3, 0.4) is 0 Å². The minimum atomic E-state index is -0.0878. The lowest BCUT2D eigenvalue weighted by molar-refractivity contribution is -0.117. The average molecular weight is 596 g/mol. The zero-order valence-electron chi connectivity index (χ0n) is 25.4. The van der Waals surface area contributed by atoms with E-state index in [0.29, 0.717) is 35.7 Å². The maximum Gasteiger partial charge on any atom is 0.238 e. The van der Waals surface area contributed by atoms with E-state index in [0.717, 1.165) is 59.3 Å². The summed E-state index contributed by atoms with van der Waals surface area (Å²) in [4.78, 5) is 36.5. The van der Waals surface area contributed by atoms with Gasteiger partial charge in [-0.3, -0.25) is 19.4 Å². The van der Waals surface area contributed by atoms with Gasteiger partial charge in [0.25, 0.3) is 0 Å². The maximum atomic E-state index is 13.1. The van der Waals surface area contributed by atoms with E-state index in [1.807, 2.05) is 51.4 Å². The number of ether oxygens (including phenoxy) is 1. The first-order valence-electron chi connectivity index (χ1n) is 14.8. The van der Waals surface area contributed by atoms with E-state index < -0.39 is 0 Å². The number of aryl methyl sites for hydroxylation is 3. The molecule has 1 atom stereocenters. The molecule has 1 saturated heterocycles. The second-order valence-electron chi connectivity index (χ2n) is 11.1. The van der Waals surface area contributed by atoms with Crippen LogP contribution >= 0.6 is 0 Å². The Bertz CT molecular complexity index is 1760. The highest BCUT2D eigenvalue weighted by Crippen LogP contribution is 2.33. The topological polar surface area (TPSA) is 151 Å². The molecule has 0 radical (unpaired) electrons. The molecule has 0 spiro atoms. The van der Waals surface area contributed by atoms with Crippen molar-refractivity contribution in [2.24, 2.45) is 7.05 Å². The third kappa shape index (κ3) is 6.47. The fourth-order valence-electron chi connectivity index (χ4n) is 5.31. The molecule has 1 aliphatic heterocycles. The van der Waals surface area contributed by atoms with Crippen LogP contribution in [0.15, 0.2) is 49.1 Å². The number of aromatic nitrogens is 7. The van der Waals surface area contributed by atoms with Gasteiger partial charge in [0, 0.05) is 61.8 Å². The van der Waals surface area contributed by atoms with Gasteiger partial charge < -0.3 is 25.7 Å². The molecular weight excluding hydrogens is 558 g/mol. The van der Waals surface area contributed by atoms with Crippen molar-refractivity contribution in [2.75, 3.05) is 42.1 Å². The zero-order chi connectivity index (χ0) is 30.6. The van der Waals surface area contributed by atoms with Gasteiger partial charge in [0.15, 0.2) is 5.82 Å². The van der Waals surface area contributed by atoms with E-state index in [1.165, 1.54) is 0 Å². The van der Waals surface area contributed by atoms with Gasteiger partial charge in [-0.05, 0) is 38.3 Å². The average Bonchev–Trinajstić information content (AvgIpc) is 3.72. The largest absolute Gasteiger partial charge is 0.472 e. The summed E-state index contributed by atoms with van der Waals surface area (Å²) in [5.41, 5.74) is 5.23. The lowest BCUT2D eigenvalue weighted by Gasteiger charge is -2.16. The standard InChI is InChI=1S/C31H37N11O2/c1-5-10-33-26-15-32-16-28(37-26)44-21-9-11-42(17-21)18-27(43)36-24-8-6-7-22-23(14-34-30(22)24)29-19(2)13-35-31(39-29)38-25-12-20(3)41(4)40-25/h6-8,12-16,21,34H,5,9-11,17-18H2,1-4H3,(H,33,37)(H,36,43)(H,35,38,39,40). The molecule has 0 saturated carbocycles. The van der Waals surface area contributed by atoms with Gasteiger partial charge in [-0.25, -0.2) is 9.97 Å². The number of nitrogens with zero attached hydrogens (tertiary/aromatic N) is 7. The van der Waals surface area contributed by atoms with Crippen molar-refractivity contribution >= 4 is 40.1 Å². The summed E-state index contributed by atoms with van der Waals surface area (Å²) in [6.07, 6.45) is 8.79. The van der Waals surface area contributed by atoms with Crippen LogP contribution in [-0.4, -0.2) is 77.8 Å². The van der Waals surface area contributed by atoms with Crippen LogP contribution in [0.5, 0.6) is 5.88 Å². The Morgan fingerprint density at radius 2 is 2.05 bits per heavy atom. The predicted molar refractivity (Wildman–Crippen MR) is 170 cm³/mol. The van der Waals surface area contributed by atoms with E-state index in [1.54, 1.807) is 23.3 Å². The Morgan fingerprint density at radius 3 is 2.86 bits per heavy atom. The minimum Gasteiger partial charge on any atom is -0.472 e. The summed E-state index contributed by atoms with van der Waals surface area (Å²) in [6.45, 7) is 8.56. The molecular formula is C31H37N11O2. The molecule has 13 nitrogen and oxygen atoms in total. The molecule has 5 aromatic rings. The zero-order valence-corrected chi connectivity index (χ0v) is 25.4. The van der Waals surface area contributed by atoms with E-state index in [9.17, 15) is 4.79 Å². The van der Waals surface area contributed by atoms with Gasteiger partial charge >= 0.3 is 0 Å². The van der Waals surface area contributed by atoms with Crippen LogP contribution in [0.4, 0.5) is 23.3 Å². The van der Waals surface area contributed by atoms with Crippen LogP contribution < -0.4 is 20.7 Å². The number of fused-ring (bicyclic) bond motifs is 1. The molecule has 1 aromatic carbocycles. The highest BCUT2D eigenvalue weighted by atomic mass is 16.5. The third-order valence-corrected chi connectivity index (χ3v) is 7.62. The van der Waals surface area contributed by atoms with E-state index in [4.69, 9.17) is 9.72 Å². The first kappa shape index (κ1) is 29.1. The number of hydrogen-bond acceptors (Lipinski definition) is 10. The molecule has 13 heteroatoms. The van der Waals surface area contributed by atoms with Crippen LogP contribution in [-0.2, 0) is 11.8 Å². The van der Waals surface area contributed by atoms with Gasteiger partial charge in [-0.15, -0.1) is 0 Å². The van der Waals surface area contributed by atoms with Gasteiger partial charge in [0.05, 0.1) is 35.8 Å². The number of aromatic amines is 1. The summed E-state index contributed by atoms with van der Waals surface area (Å²) in [6, 6.07) is 7.80. The second kappa shape index (κ2) is 12.7. The van der Waals surface area contributed by atoms with Crippen molar-refractivity contribution in [3.8, 4) is 17.1 Å². The molecule has 228 valence electrons. The van der Waals surface area contributed by atoms with E-state index >= 15 is 0 Å². The van der Waals surface area contributed by atoms with Crippen LogP contribution in [0.2, 0.25) is 0 Å². The molecule has 5 heterocycles. The third-order valence-electron chi connectivity index (χ3n) is 7.62. The number of H-pyrrole nitrogens is 1. The van der Waals surface area contributed by atoms with Gasteiger partial charge in [-0.2, -0.15) is 10.1 Å². The Hall–Kier alpha value is -5.04. The number of anilines is 4. The summed E-state index contributed by atoms with van der Waals surface area (Å²) in [5.74, 6) is 2.25. The number of carbonyl (C=O) groups is 1. The van der Waals surface area contributed by atoms with Gasteiger partial charge in [-0.1, -0.05) is 19.1 Å². The van der Waals surface area contributed by atoms with Crippen molar-refractivity contribution in [3.05, 3.63) is 60.3 Å². The first-order chi connectivity index (χ1) is 21.4. The first-order valence-corrected chi connectivity index (χ1v) is 14.8. The minimum absolute atomic E-state index is 0.0508. The van der Waals surface area contributed by atoms with Crippen LogP contribution in [0, 0.1) is 13.8 Å². The Balaban J connectivity index is 1.10. The molecule has 6 rings (SSSR count). The summed E-state index contributed by atoms with van der Waals surface area (Å²) >= 11 is 0. The molecule has 1 fully saturated rings. The molecule has 4 aromatic heterocycles. The number of para-hydroxylation sites is 1. The number of amides is 1. The summed E-state index contributed by atoms with van der Waals surface area (Å²) in [5, 5.41) is 14.9. The predicted octanol–water partition coefficient (Wildman–Crippen LogP) is 4.42. The Morgan fingerprint density at radius 1 is 1.16 bits per heavy atom. The van der Waals surface area contributed by atoms with Crippen molar-refractivity contribution < 1.29 is 9.53 Å². The summed E-state index contributed by atoms with van der Waals surface area (Å²) < 4.78 is 7.87. The smallest absolute Gasteiger partial charge is 0.238 e. The number of rotatable bonds is 11. The molecule has 4 N–H and O–H groups in total. The molecule has 1 unspecified atom stereocenters. The van der Waals surface area contributed by atoms with Crippen LogP contribution in [0.1, 0.15) is 31.0 Å². The normalized spacial score (nSPS) is 15.0. The molecule has 1 amide bonds. The molecule has 0 bridgehead atoms. The number of carbonyl (C=O) groups excluding carboxylic acids is 1.